The Morgan fingerprint density at radius 3 is 2.66 bits per heavy atom. The molecule has 1 fully saturated rings. The summed E-state index contributed by atoms with van der Waals surface area (Å²) in [7, 11) is 0. The van der Waals surface area contributed by atoms with E-state index in [0.29, 0.717) is 32.4 Å². The van der Waals surface area contributed by atoms with Crippen molar-refractivity contribution in [3.63, 3.8) is 0 Å². The lowest BCUT2D eigenvalue weighted by Gasteiger charge is -2.45. The van der Waals surface area contributed by atoms with Crippen molar-refractivity contribution >= 4 is 16.8 Å². The Morgan fingerprint density at radius 2 is 1.90 bits per heavy atom. The summed E-state index contributed by atoms with van der Waals surface area (Å²) in [6.07, 6.45) is 0.707. The van der Waals surface area contributed by atoms with E-state index in [1.54, 1.807) is 0 Å². The third-order valence-electron chi connectivity index (χ3n) is 6.31. The van der Waals surface area contributed by atoms with Crippen LogP contribution >= 0.6 is 0 Å². The van der Waals surface area contributed by atoms with Crippen LogP contribution in [0.25, 0.3) is 10.9 Å². The van der Waals surface area contributed by atoms with E-state index >= 15 is 0 Å². The average molecular weight is 392 g/mol. The van der Waals surface area contributed by atoms with Gasteiger partial charge in [-0.3, -0.25) is 4.79 Å². The van der Waals surface area contributed by atoms with Crippen LogP contribution in [0.3, 0.4) is 0 Å². The molecule has 1 aliphatic heterocycles. The van der Waals surface area contributed by atoms with E-state index in [0.717, 1.165) is 27.7 Å². The van der Waals surface area contributed by atoms with Gasteiger partial charge >= 0.3 is 0 Å². The highest BCUT2D eigenvalue weighted by atomic mass is 16.3. The van der Waals surface area contributed by atoms with Crippen LogP contribution in [0.15, 0.2) is 54.6 Å². The van der Waals surface area contributed by atoms with Crippen molar-refractivity contribution in [3.05, 3.63) is 71.4 Å². The van der Waals surface area contributed by atoms with Gasteiger partial charge in [0.2, 0.25) is 5.91 Å². The molecule has 2 aromatic carbocycles. The van der Waals surface area contributed by atoms with E-state index in [-0.39, 0.29) is 12.5 Å². The number of aryl methyl sites for hydroxylation is 1. The minimum atomic E-state index is -0.732. The van der Waals surface area contributed by atoms with Gasteiger partial charge in [0.25, 0.3) is 0 Å². The Morgan fingerprint density at radius 1 is 1.17 bits per heavy atom. The molecule has 0 aliphatic carbocycles. The molecule has 2 atom stereocenters. The van der Waals surface area contributed by atoms with Gasteiger partial charge in [0, 0.05) is 35.1 Å². The first-order valence-electron chi connectivity index (χ1n) is 10.2. The maximum atomic E-state index is 13.2. The first kappa shape index (κ1) is 19.7. The molecule has 4 rings (SSSR count). The molecule has 0 unspecified atom stereocenters. The molecule has 1 amide bonds. The Labute approximate surface area is 171 Å². The highest BCUT2D eigenvalue weighted by molar-refractivity contribution is 5.90. The van der Waals surface area contributed by atoms with Crippen LogP contribution in [0.4, 0.5) is 0 Å². The minimum absolute atomic E-state index is 0.0376. The number of carbonyl (C=O) groups is 1. The Kier molecular flexibility index (Phi) is 5.43. The molecule has 5 heteroatoms. The number of benzene rings is 2. The lowest BCUT2D eigenvalue weighted by atomic mass is 9.73. The van der Waals surface area contributed by atoms with Gasteiger partial charge < -0.3 is 20.1 Å². The normalized spacial score (nSPS) is 22.2. The molecule has 1 saturated heterocycles. The van der Waals surface area contributed by atoms with Gasteiger partial charge in [-0.05, 0) is 37.0 Å². The lowest BCUT2D eigenvalue weighted by Crippen LogP contribution is -2.56. The molecular formula is C24H28N2O3. The van der Waals surface area contributed by atoms with Crippen LogP contribution in [0.1, 0.15) is 23.2 Å². The number of H-pyrrole nitrogens is 1. The van der Waals surface area contributed by atoms with E-state index < -0.39 is 11.5 Å². The SMILES string of the molecule is Cc1[nH]c2ccccc2c1CC(=O)N1CC[C@@H](O)[C@@](CO)(Cc2ccccc2)C1. The van der Waals surface area contributed by atoms with Crippen LogP contribution < -0.4 is 0 Å². The van der Waals surface area contributed by atoms with Gasteiger partial charge in [-0.15, -0.1) is 0 Å². The van der Waals surface area contributed by atoms with Crippen molar-refractivity contribution in [2.75, 3.05) is 19.7 Å². The van der Waals surface area contributed by atoms with E-state index in [4.69, 9.17) is 0 Å². The number of aliphatic hydroxyl groups is 2. The molecule has 0 spiro atoms. The topological polar surface area (TPSA) is 76.6 Å². The maximum Gasteiger partial charge on any atom is 0.227 e. The van der Waals surface area contributed by atoms with Gasteiger partial charge in [0.05, 0.1) is 19.1 Å². The standard InChI is InChI=1S/C24H28N2O3/c1-17-20(19-9-5-6-10-21(19)25-17)13-23(29)26-12-11-22(28)24(15-26,16-27)14-18-7-3-2-4-8-18/h2-10,22,25,27-28H,11-16H2,1H3/t22-,24+/m1/s1. The van der Waals surface area contributed by atoms with E-state index in [1.165, 1.54) is 0 Å². The summed E-state index contributed by atoms with van der Waals surface area (Å²) in [5.41, 5.74) is 3.39. The van der Waals surface area contributed by atoms with Crippen LogP contribution in [0.5, 0.6) is 0 Å². The molecular weight excluding hydrogens is 364 g/mol. The van der Waals surface area contributed by atoms with Crippen molar-refractivity contribution in [3.8, 4) is 0 Å². The fraction of sp³-hybridized carbons (Fsp3) is 0.375. The summed E-state index contributed by atoms with van der Waals surface area (Å²) in [4.78, 5) is 18.3. The van der Waals surface area contributed by atoms with Gasteiger partial charge in [-0.25, -0.2) is 0 Å². The van der Waals surface area contributed by atoms with Crippen molar-refractivity contribution in [1.29, 1.82) is 0 Å². The van der Waals surface area contributed by atoms with Crippen molar-refractivity contribution in [1.82, 2.24) is 9.88 Å². The fourth-order valence-electron chi connectivity index (χ4n) is 4.57. The molecule has 0 saturated carbocycles. The quantitative estimate of drug-likeness (QED) is 0.625. The number of aliphatic hydroxyl groups excluding tert-OH is 2. The maximum absolute atomic E-state index is 13.2. The minimum Gasteiger partial charge on any atom is -0.396 e. The second-order valence-corrected chi connectivity index (χ2v) is 8.25. The van der Waals surface area contributed by atoms with Crippen molar-refractivity contribution in [2.24, 2.45) is 5.41 Å². The third kappa shape index (κ3) is 3.80. The molecule has 0 bridgehead atoms. The second kappa shape index (κ2) is 8.01. The Hall–Kier alpha value is -2.63. The third-order valence-corrected chi connectivity index (χ3v) is 6.31. The second-order valence-electron chi connectivity index (χ2n) is 8.25. The molecule has 1 aromatic heterocycles. The smallest absolute Gasteiger partial charge is 0.227 e. The number of likely N-dealkylation sites (tertiary alicyclic amines) is 1. The van der Waals surface area contributed by atoms with Crippen LogP contribution in [0.2, 0.25) is 0 Å². The molecule has 3 aromatic rings. The predicted octanol–water partition coefficient (Wildman–Crippen LogP) is 2.83. The van der Waals surface area contributed by atoms with Gasteiger partial charge in [0.15, 0.2) is 0 Å². The van der Waals surface area contributed by atoms with Gasteiger partial charge in [-0.1, -0.05) is 48.5 Å². The first-order valence-corrected chi connectivity index (χ1v) is 10.2. The molecule has 1 aliphatic rings. The van der Waals surface area contributed by atoms with E-state index in [2.05, 4.69) is 4.98 Å². The number of hydrogen-bond acceptors (Lipinski definition) is 3. The summed E-state index contributed by atoms with van der Waals surface area (Å²) >= 11 is 0. The summed E-state index contributed by atoms with van der Waals surface area (Å²) in [5, 5.41) is 22.0. The van der Waals surface area contributed by atoms with Crippen molar-refractivity contribution < 1.29 is 15.0 Å². The highest BCUT2D eigenvalue weighted by Crippen LogP contribution is 2.34. The predicted molar refractivity (Wildman–Crippen MR) is 114 cm³/mol. The zero-order valence-electron chi connectivity index (χ0n) is 16.8. The number of para-hydroxylation sites is 1. The molecule has 5 nitrogen and oxygen atoms in total. The molecule has 152 valence electrons. The summed E-state index contributed by atoms with van der Waals surface area (Å²) in [6.45, 7) is 2.71. The van der Waals surface area contributed by atoms with E-state index in [1.807, 2.05) is 66.4 Å². The Balaban J connectivity index is 1.55. The largest absolute Gasteiger partial charge is 0.396 e. The monoisotopic (exact) mass is 392 g/mol. The lowest BCUT2D eigenvalue weighted by molar-refractivity contribution is -0.141. The number of hydrogen-bond donors (Lipinski definition) is 3. The summed E-state index contributed by atoms with van der Waals surface area (Å²) in [5.74, 6) is 0.0376. The average Bonchev–Trinajstić information content (AvgIpc) is 3.05. The molecule has 3 N–H and O–H groups in total. The fourth-order valence-corrected chi connectivity index (χ4v) is 4.57. The molecule has 0 radical (unpaired) electrons. The molecule has 29 heavy (non-hydrogen) atoms. The van der Waals surface area contributed by atoms with Gasteiger partial charge in [0.1, 0.15) is 0 Å². The zero-order chi connectivity index (χ0) is 20.4. The number of nitrogens with zero attached hydrogens (tertiary/aromatic N) is 1. The number of amides is 1. The van der Waals surface area contributed by atoms with E-state index in [9.17, 15) is 15.0 Å². The Bertz CT molecular complexity index is 998. The number of aromatic amines is 1. The zero-order valence-corrected chi connectivity index (χ0v) is 16.8. The summed E-state index contributed by atoms with van der Waals surface area (Å²) < 4.78 is 0. The van der Waals surface area contributed by atoms with Crippen LogP contribution in [-0.2, 0) is 17.6 Å². The number of aromatic nitrogens is 1. The van der Waals surface area contributed by atoms with Crippen LogP contribution in [0, 0.1) is 12.3 Å². The van der Waals surface area contributed by atoms with Gasteiger partial charge in [-0.2, -0.15) is 0 Å². The highest BCUT2D eigenvalue weighted by Gasteiger charge is 2.43. The number of piperidine rings is 1. The molecule has 2 heterocycles. The van der Waals surface area contributed by atoms with Crippen molar-refractivity contribution in [2.45, 2.75) is 32.3 Å². The number of rotatable bonds is 5. The first-order chi connectivity index (χ1) is 14.0. The summed E-state index contributed by atoms with van der Waals surface area (Å²) in [6, 6.07) is 17.9. The number of carbonyl (C=O) groups excluding carboxylic acids is 1. The van der Waals surface area contributed by atoms with Crippen LogP contribution in [-0.4, -0.2) is 51.8 Å². The number of nitrogens with one attached hydrogen (secondary N) is 1. The number of fused-ring (bicyclic) bond motifs is 1.